The molecule has 5 nitrogen and oxygen atoms in total. The Labute approximate surface area is 118 Å². The van der Waals surface area contributed by atoms with Crippen LogP contribution in [0.1, 0.15) is 0 Å². The van der Waals surface area contributed by atoms with Gasteiger partial charge in [-0.1, -0.05) is 30.3 Å². The minimum atomic E-state index is -4.17. The zero-order chi connectivity index (χ0) is 15.0. The van der Waals surface area contributed by atoms with Crippen molar-refractivity contribution in [3.05, 3.63) is 54.6 Å². The van der Waals surface area contributed by atoms with E-state index in [0.29, 0.717) is 0 Å². The molecule has 2 aromatic carbocycles. The zero-order valence-electron chi connectivity index (χ0n) is 11.2. The van der Waals surface area contributed by atoms with E-state index in [-0.39, 0.29) is 10.6 Å². The summed E-state index contributed by atoms with van der Waals surface area (Å²) in [6.07, 6.45) is 0. The summed E-state index contributed by atoms with van der Waals surface area (Å²) < 4.78 is 39.7. The number of benzene rings is 2. The quantitative estimate of drug-likeness (QED) is 0.881. The van der Waals surface area contributed by atoms with Crippen molar-refractivity contribution >= 4 is 10.1 Å². The molecule has 2 aromatic rings. The van der Waals surface area contributed by atoms with Crippen molar-refractivity contribution < 1.29 is 22.4 Å². The molecule has 0 aliphatic heterocycles. The predicted octanol–water partition coefficient (Wildman–Crippen LogP) is 2.64. The topological polar surface area (TPSA) is 72.8 Å². The van der Waals surface area contributed by atoms with Crippen molar-refractivity contribution in [1.29, 1.82) is 0 Å². The molecule has 20 heavy (non-hydrogen) atoms. The zero-order valence-corrected chi connectivity index (χ0v) is 12.0. The van der Waals surface area contributed by atoms with Crippen LogP contribution in [-0.2, 0) is 10.1 Å². The lowest BCUT2D eigenvalue weighted by atomic mass is 10.3. The number of ether oxygens (including phenoxy) is 2. The second-order valence-corrected chi connectivity index (χ2v) is 5.03. The van der Waals surface area contributed by atoms with E-state index in [0.717, 1.165) is 5.75 Å². The van der Waals surface area contributed by atoms with Gasteiger partial charge in [-0.05, 0) is 24.3 Å². The Balaban J connectivity index is 0.000000217. The fourth-order valence-corrected chi connectivity index (χ4v) is 2.04. The standard InChI is InChI=1S/C7H8O4S.C7H8O/c1-11-6-4-2-3-5-7(6)12(8,9)10;1-8-7-5-3-2-4-6-7/h2-5H,1H3,(H,8,9,10);2-6H,1H3. The van der Waals surface area contributed by atoms with E-state index in [1.807, 2.05) is 30.3 Å². The maximum absolute atomic E-state index is 10.7. The van der Waals surface area contributed by atoms with Crippen molar-refractivity contribution in [2.75, 3.05) is 14.2 Å². The maximum Gasteiger partial charge on any atom is 0.298 e. The van der Waals surface area contributed by atoms with Crippen LogP contribution in [0.5, 0.6) is 11.5 Å². The van der Waals surface area contributed by atoms with Gasteiger partial charge in [-0.25, -0.2) is 0 Å². The van der Waals surface area contributed by atoms with Crippen LogP contribution < -0.4 is 9.47 Å². The van der Waals surface area contributed by atoms with E-state index in [4.69, 9.17) is 14.0 Å². The van der Waals surface area contributed by atoms with Gasteiger partial charge < -0.3 is 9.47 Å². The Hall–Kier alpha value is -2.05. The predicted molar refractivity (Wildman–Crippen MR) is 75.8 cm³/mol. The van der Waals surface area contributed by atoms with E-state index in [1.54, 1.807) is 13.2 Å². The fourth-order valence-electron chi connectivity index (χ4n) is 1.39. The number of methoxy groups -OCH3 is 2. The molecule has 0 bridgehead atoms. The molecule has 0 radical (unpaired) electrons. The third-order valence-electron chi connectivity index (χ3n) is 2.33. The van der Waals surface area contributed by atoms with Gasteiger partial charge in [-0.15, -0.1) is 0 Å². The molecule has 0 fully saturated rings. The lowest BCUT2D eigenvalue weighted by Crippen LogP contribution is -2.00. The van der Waals surface area contributed by atoms with Crippen molar-refractivity contribution in [3.63, 3.8) is 0 Å². The third-order valence-corrected chi connectivity index (χ3v) is 3.22. The van der Waals surface area contributed by atoms with E-state index in [2.05, 4.69) is 0 Å². The van der Waals surface area contributed by atoms with E-state index in [9.17, 15) is 8.42 Å². The molecule has 0 saturated heterocycles. The summed E-state index contributed by atoms with van der Waals surface area (Å²) in [5.74, 6) is 1.05. The molecule has 0 unspecified atom stereocenters. The number of rotatable bonds is 3. The van der Waals surface area contributed by atoms with Gasteiger partial charge in [0.1, 0.15) is 16.4 Å². The Morgan fingerprint density at radius 1 is 0.850 bits per heavy atom. The Morgan fingerprint density at radius 3 is 1.80 bits per heavy atom. The average molecular weight is 296 g/mol. The molecule has 0 atom stereocenters. The van der Waals surface area contributed by atoms with Crippen LogP contribution in [-0.4, -0.2) is 27.2 Å². The number of para-hydroxylation sites is 2. The van der Waals surface area contributed by atoms with Crippen molar-refractivity contribution in [1.82, 2.24) is 0 Å². The Morgan fingerprint density at radius 2 is 1.40 bits per heavy atom. The van der Waals surface area contributed by atoms with Gasteiger partial charge in [-0.2, -0.15) is 8.42 Å². The van der Waals surface area contributed by atoms with Gasteiger partial charge in [0.05, 0.1) is 14.2 Å². The molecule has 0 saturated carbocycles. The smallest absolute Gasteiger partial charge is 0.298 e. The summed E-state index contributed by atoms with van der Waals surface area (Å²) in [4.78, 5) is -0.215. The van der Waals surface area contributed by atoms with Gasteiger partial charge >= 0.3 is 0 Å². The first-order valence-corrected chi connectivity index (χ1v) is 7.12. The van der Waals surface area contributed by atoms with Crippen LogP contribution in [0.4, 0.5) is 0 Å². The first-order chi connectivity index (χ1) is 9.49. The summed E-state index contributed by atoms with van der Waals surface area (Å²) in [5, 5.41) is 0. The van der Waals surface area contributed by atoms with Crippen LogP contribution in [0.2, 0.25) is 0 Å². The second kappa shape index (κ2) is 7.52. The van der Waals surface area contributed by atoms with Crippen LogP contribution in [0, 0.1) is 0 Å². The molecule has 0 heterocycles. The van der Waals surface area contributed by atoms with Gasteiger partial charge in [0.25, 0.3) is 10.1 Å². The molecule has 2 rings (SSSR count). The van der Waals surface area contributed by atoms with Crippen molar-refractivity contribution in [2.24, 2.45) is 0 Å². The highest BCUT2D eigenvalue weighted by atomic mass is 32.2. The SMILES string of the molecule is COc1ccccc1.COc1ccccc1S(=O)(=O)O. The van der Waals surface area contributed by atoms with Gasteiger partial charge in [-0.3, -0.25) is 4.55 Å². The average Bonchev–Trinajstić information content (AvgIpc) is 2.48. The highest BCUT2D eigenvalue weighted by molar-refractivity contribution is 7.86. The minimum Gasteiger partial charge on any atom is -0.497 e. The summed E-state index contributed by atoms with van der Waals surface area (Å²) in [7, 11) is -1.17. The molecule has 0 amide bonds. The first-order valence-electron chi connectivity index (χ1n) is 5.68. The minimum absolute atomic E-state index is 0.139. The third kappa shape index (κ3) is 4.91. The summed E-state index contributed by atoms with van der Waals surface area (Å²) in [5.41, 5.74) is 0. The van der Waals surface area contributed by atoms with Crippen LogP contribution in [0.25, 0.3) is 0 Å². The monoisotopic (exact) mass is 296 g/mol. The van der Waals surface area contributed by atoms with Crippen LogP contribution in [0.15, 0.2) is 59.5 Å². The van der Waals surface area contributed by atoms with E-state index in [1.165, 1.54) is 25.3 Å². The molecule has 0 spiro atoms. The summed E-state index contributed by atoms with van der Waals surface area (Å²) >= 11 is 0. The highest BCUT2D eigenvalue weighted by Gasteiger charge is 2.14. The second-order valence-electron chi connectivity index (χ2n) is 3.64. The molecule has 1 N–H and O–H groups in total. The molecular formula is C14H16O5S. The normalized spacial score (nSPS) is 10.2. The molecular weight excluding hydrogens is 280 g/mol. The van der Waals surface area contributed by atoms with E-state index < -0.39 is 10.1 Å². The van der Waals surface area contributed by atoms with Crippen molar-refractivity contribution in [2.45, 2.75) is 4.90 Å². The largest absolute Gasteiger partial charge is 0.497 e. The van der Waals surface area contributed by atoms with E-state index >= 15 is 0 Å². The van der Waals surface area contributed by atoms with Crippen LogP contribution >= 0.6 is 0 Å². The van der Waals surface area contributed by atoms with Crippen LogP contribution in [0.3, 0.4) is 0 Å². The van der Waals surface area contributed by atoms with Gasteiger partial charge in [0, 0.05) is 0 Å². The lowest BCUT2D eigenvalue weighted by molar-refractivity contribution is 0.397. The molecule has 0 aliphatic carbocycles. The Bertz CT molecular complexity index is 623. The van der Waals surface area contributed by atoms with Crippen molar-refractivity contribution in [3.8, 4) is 11.5 Å². The van der Waals surface area contributed by atoms with Gasteiger partial charge in [0.15, 0.2) is 0 Å². The summed E-state index contributed by atoms with van der Waals surface area (Å²) in [6, 6.07) is 15.5. The maximum atomic E-state index is 10.7. The highest BCUT2D eigenvalue weighted by Crippen LogP contribution is 2.21. The number of hydrogen-bond acceptors (Lipinski definition) is 4. The lowest BCUT2D eigenvalue weighted by Gasteiger charge is -2.03. The fraction of sp³-hybridized carbons (Fsp3) is 0.143. The molecule has 0 aliphatic rings. The Kier molecular flexibility index (Phi) is 6.02. The summed E-state index contributed by atoms with van der Waals surface area (Å²) in [6.45, 7) is 0. The molecule has 108 valence electrons. The molecule has 6 heteroatoms. The molecule has 0 aromatic heterocycles. The number of hydrogen-bond donors (Lipinski definition) is 1. The first kappa shape index (κ1) is 16.0. The van der Waals surface area contributed by atoms with Gasteiger partial charge in [0.2, 0.25) is 0 Å².